The summed E-state index contributed by atoms with van der Waals surface area (Å²) in [5.74, 6) is 0.744. The Hall–Kier alpha value is -1.61. The van der Waals surface area contributed by atoms with Gasteiger partial charge in [-0.15, -0.1) is 24.0 Å². The maximum atomic E-state index is 5.63. The normalized spacial score (nSPS) is 10.9. The number of nitrogens with one attached hydrogen (secondary N) is 2. The molecule has 0 amide bonds. The van der Waals surface area contributed by atoms with E-state index in [0.717, 1.165) is 18.2 Å². The van der Waals surface area contributed by atoms with Gasteiger partial charge in [0.1, 0.15) is 12.0 Å². The van der Waals surface area contributed by atoms with E-state index in [1.807, 2.05) is 25.1 Å². The van der Waals surface area contributed by atoms with Crippen LogP contribution in [0.2, 0.25) is 0 Å². The number of ether oxygens (including phenoxy) is 1. The number of guanidine groups is 1. The molecule has 0 aliphatic heterocycles. The van der Waals surface area contributed by atoms with Crippen molar-refractivity contribution in [1.29, 1.82) is 0 Å². The van der Waals surface area contributed by atoms with Gasteiger partial charge < -0.3 is 19.9 Å². The average molecular weight is 430 g/mol. The first-order valence-corrected chi connectivity index (χ1v) is 7.41. The minimum Gasteiger partial charge on any atom is -0.375 e. The first-order valence-electron chi connectivity index (χ1n) is 7.41. The first-order chi connectivity index (χ1) is 10.9. The Morgan fingerprint density at radius 3 is 2.74 bits per heavy atom. The van der Waals surface area contributed by atoms with Crippen molar-refractivity contribution in [3.05, 3.63) is 53.9 Å². The van der Waals surface area contributed by atoms with Crippen LogP contribution in [0.25, 0.3) is 0 Å². The summed E-state index contributed by atoms with van der Waals surface area (Å²) in [5, 5.41) is 10.2. The summed E-state index contributed by atoms with van der Waals surface area (Å²) in [6.45, 7) is 5.24. The van der Waals surface area contributed by atoms with E-state index in [0.29, 0.717) is 26.3 Å². The molecular formula is C16H23IN4O2. The van der Waals surface area contributed by atoms with Crippen molar-refractivity contribution >= 4 is 29.9 Å². The quantitative estimate of drug-likeness (QED) is 0.292. The van der Waals surface area contributed by atoms with Gasteiger partial charge in [0.2, 0.25) is 0 Å². The highest BCUT2D eigenvalue weighted by molar-refractivity contribution is 14.0. The number of nitrogens with zero attached hydrogens (tertiary/aromatic N) is 2. The Kier molecular flexibility index (Phi) is 10.0. The summed E-state index contributed by atoms with van der Waals surface area (Å²) >= 11 is 0. The molecule has 1 aromatic heterocycles. The molecule has 0 aliphatic rings. The molecule has 7 heteroatoms. The number of hydrogen-bond donors (Lipinski definition) is 2. The smallest absolute Gasteiger partial charge is 0.191 e. The van der Waals surface area contributed by atoms with Crippen LogP contribution < -0.4 is 10.6 Å². The van der Waals surface area contributed by atoms with Crippen molar-refractivity contribution in [2.75, 3.05) is 19.7 Å². The van der Waals surface area contributed by atoms with Crippen molar-refractivity contribution in [2.45, 2.75) is 20.1 Å². The third-order valence-corrected chi connectivity index (χ3v) is 2.89. The molecule has 2 aromatic rings. The predicted octanol–water partition coefficient (Wildman–Crippen LogP) is 2.56. The lowest BCUT2D eigenvalue weighted by Gasteiger charge is -2.11. The molecule has 0 unspecified atom stereocenters. The summed E-state index contributed by atoms with van der Waals surface area (Å²) in [6.07, 6.45) is 1.54. The van der Waals surface area contributed by atoms with Crippen molar-refractivity contribution in [1.82, 2.24) is 15.8 Å². The van der Waals surface area contributed by atoms with Gasteiger partial charge in [-0.05, 0) is 12.5 Å². The second kappa shape index (κ2) is 11.9. The molecule has 0 atom stereocenters. The van der Waals surface area contributed by atoms with E-state index in [1.54, 1.807) is 12.3 Å². The van der Waals surface area contributed by atoms with E-state index in [9.17, 15) is 0 Å². The standard InChI is InChI=1S/C16H22N4O2.HI/c1-2-17-16(19-12-15-8-10-22-20-15)18-9-11-21-13-14-6-4-3-5-7-14;/h3-8,10H,2,9,11-13H2,1H3,(H2,17,18,19);1H. The Morgan fingerprint density at radius 1 is 1.22 bits per heavy atom. The van der Waals surface area contributed by atoms with Gasteiger partial charge in [0.15, 0.2) is 5.96 Å². The van der Waals surface area contributed by atoms with Crippen LogP contribution in [0.3, 0.4) is 0 Å². The molecule has 0 fully saturated rings. The molecule has 0 saturated carbocycles. The fourth-order valence-electron chi connectivity index (χ4n) is 1.83. The monoisotopic (exact) mass is 430 g/mol. The molecule has 1 aromatic carbocycles. The van der Waals surface area contributed by atoms with Gasteiger partial charge in [-0.3, -0.25) is 0 Å². The molecule has 0 spiro atoms. The van der Waals surface area contributed by atoms with Crippen molar-refractivity contribution in [3.63, 3.8) is 0 Å². The summed E-state index contributed by atoms with van der Waals surface area (Å²) in [5.41, 5.74) is 1.98. The summed E-state index contributed by atoms with van der Waals surface area (Å²) in [7, 11) is 0. The van der Waals surface area contributed by atoms with Gasteiger partial charge in [-0.2, -0.15) is 0 Å². The van der Waals surface area contributed by atoms with E-state index in [-0.39, 0.29) is 24.0 Å². The molecule has 2 rings (SSSR count). The summed E-state index contributed by atoms with van der Waals surface area (Å²) in [6, 6.07) is 11.9. The minimum absolute atomic E-state index is 0. The van der Waals surface area contributed by atoms with Crippen molar-refractivity contribution in [3.8, 4) is 0 Å². The van der Waals surface area contributed by atoms with Crippen LogP contribution >= 0.6 is 24.0 Å². The van der Waals surface area contributed by atoms with Gasteiger partial charge in [0.05, 0.1) is 19.8 Å². The maximum Gasteiger partial charge on any atom is 0.191 e. The lowest BCUT2D eigenvalue weighted by molar-refractivity contribution is 0.125. The summed E-state index contributed by atoms with van der Waals surface area (Å²) in [4.78, 5) is 4.43. The minimum atomic E-state index is 0. The first kappa shape index (κ1) is 19.4. The van der Waals surface area contributed by atoms with Crippen molar-refractivity contribution < 1.29 is 9.26 Å². The Bertz CT molecular complexity index is 546. The largest absolute Gasteiger partial charge is 0.375 e. The van der Waals surface area contributed by atoms with E-state index in [4.69, 9.17) is 9.26 Å². The number of rotatable bonds is 8. The second-order valence-corrected chi connectivity index (χ2v) is 4.65. The molecule has 1 heterocycles. The lowest BCUT2D eigenvalue weighted by atomic mass is 10.2. The highest BCUT2D eigenvalue weighted by Gasteiger charge is 1.99. The lowest BCUT2D eigenvalue weighted by Crippen LogP contribution is -2.39. The topological polar surface area (TPSA) is 71.7 Å². The van der Waals surface area contributed by atoms with E-state index in [1.165, 1.54) is 5.56 Å². The highest BCUT2D eigenvalue weighted by atomic mass is 127. The molecule has 2 N–H and O–H groups in total. The van der Waals surface area contributed by atoms with Gasteiger partial charge in [-0.25, -0.2) is 4.99 Å². The Labute approximate surface area is 153 Å². The Morgan fingerprint density at radius 2 is 2.04 bits per heavy atom. The third kappa shape index (κ3) is 7.98. The number of aromatic nitrogens is 1. The molecule has 0 aliphatic carbocycles. The molecule has 126 valence electrons. The van der Waals surface area contributed by atoms with Crippen LogP contribution in [-0.2, 0) is 17.9 Å². The molecule has 6 nitrogen and oxygen atoms in total. The molecular weight excluding hydrogens is 407 g/mol. The van der Waals surface area contributed by atoms with E-state index in [2.05, 4.69) is 32.9 Å². The van der Waals surface area contributed by atoms with Crippen LogP contribution in [0.15, 0.2) is 52.2 Å². The van der Waals surface area contributed by atoms with Crippen LogP contribution in [0.5, 0.6) is 0 Å². The number of hydrogen-bond acceptors (Lipinski definition) is 4. The third-order valence-electron chi connectivity index (χ3n) is 2.89. The highest BCUT2D eigenvalue weighted by Crippen LogP contribution is 1.99. The van der Waals surface area contributed by atoms with Gasteiger partial charge in [0, 0.05) is 19.2 Å². The van der Waals surface area contributed by atoms with E-state index < -0.39 is 0 Å². The van der Waals surface area contributed by atoms with Crippen LogP contribution in [0.1, 0.15) is 18.2 Å². The fourth-order valence-corrected chi connectivity index (χ4v) is 1.83. The fraction of sp³-hybridized carbons (Fsp3) is 0.375. The number of aliphatic imine (C=N–C) groups is 1. The SMILES string of the molecule is CCNC(=NCc1ccon1)NCCOCc1ccccc1.I. The van der Waals surface area contributed by atoms with Gasteiger partial charge >= 0.3 is 0 Å². The number of halogens is 1. The molecule has 0 bridgehead atoms. The van der Waals surface area contributed by atoms with E-state index >= 15 is 0 Å². The summed E-state index contributed by atoms with van der Waals surface area (Å²) < 4.78 is 10.4. The molecule has 23 heavy (non-hydrogen) atoms. The zero-order chi connectivity index (χ0) is 15.5. The molecule has 0 saturated heterocycles. The maximum absolute atomic E-state index is 5.63. The van der Waals surface area contributed by atoms with Crippen molar-refractivity contribution in [2.24, 2.45) is 4.99 Å². The van der Waals surface area contributed by atoms with Gasteiger partial charge in [-0.1, -0.05) is 35.5 Å². The molecule has 0 radical (unpaired) electrons. The average Bonchev–Trinajstić information content (AvgIpc) is 3.06. The van der Waals surface area contributed by atoms with Crippen LogP contribution in [0, 0.1) is 0 Å². The van der Waals surface area contributed by atoms with Crippen LogP contribution in [-0.4, -0.2) is 30.8 Å². The second-order valence-electron chi connectivity index (χ2n) is 4.65. The zero-order valence-electron chi connectivity index (χ0n) is 13.2. The predicted molar refractivity (Wildman–Crippen MR) is 101 cm³/mol. The zero-order valence-corrected chi connectivity index (χ0v) is 15.5. The van der Waals surface area contributed by atoms with Gasteiger partial charge in [0.25, 0.3) is 0 Å². The van der Waals surface area contributed by atoms with Crippen LogP contribution in [0.4, 0.5) is 0 Å². The number of benzene rings is 1. The Balaban J connectivity index is 0.00000264.